The molecule has 0 aliphatic carbocycles. The van der Waals surface area contributed by atoms with E-state index in [1.54, 1.807) is 14.2 Å². The molecule has 90 valence electrons. The van der Waals surface area contributed by atoms with Crippen LogP contribution >= 0.6 is 0 Å². The summed E-state index contributed by atoms with van der Waals surface area (Å²) in [5.74, 6) is 0. The van der Waals surface area contributed by atoms with Gasteiger partial charge in [0.15, 0.2) is 0 Å². The lowest BCUT2D eigenvalue weighted by atomic mass is 10.1. The van der Waals surface area contributed by atoms with E-state index in [1.165, 1.54) is 0 Å². The van der Waals surface area contributed by atoms with E-state index >= 15 is 0 Å². The van der Waals surface area contributed by atoms with Gasteiger partial charge in [0.2, 0.25) is 0 Å². The average Bonchev–Trinajstić information content (AvgIpc) is 2.18. The van der Waals surface area contributed by atoms with Gasteiger partial charge in [0.25, 0.3) is 0 Å². The van der Waals surface area contributed by atoms with Crippen molar-refractivity contribution in [2.45, 2.75) is 32.0 Å². The average molecular weight is 216 g/mol. The number of nitrogens with one attached hydrogen (secondary N) is 1. The van der Waals surface area contributed by atoms with Crippen molar-refractivity contribution in [3.63, 3.8) is 0 Å². The summed E-state index contributed by atoms with van der Waals surface area (Å²) in [6, 6.07) is 1.43. The van der Waals surface area contributed by atoms with Crippen LogP contribution in [0.2, 0.25) is 0 Å². The molecule has 15 heavy (non-hydrogen) atoms. The lowest BCUT2D eigenvalue weighted by Gasteiger charge is -2.40. The Labute approximate surface area is 92.9 Å². The van der Waals surface area contributed by atoms with E-state index in [0.29, 0.717) is 18.1 Å². The molecule has 1 fully saturated rings. The third-order valence-electron chi connectivity index (χ3n) is 2.85. The molecule has 0 bridgehead atoms. The predicted molar refractivity (Wildman–Crippen MR) is 61.2 cm³/mol. The van der Waals surface area contributed by atoms with Crippen molar-refractivity contribution in [3.8, 4) is 0 Å². The number of hydrogen-bond acceptors (Lipinski definition) is 4. The number of rotatable bonds is 5. The predicted octanol–water partition coefficient (Wildman–Crippen LogP) is 0.330. The topological polar surface area (TPSA) is 33.7 Å². The molecule has 1 aliphatic heterocycles. The lowest BCUT2D eigenvalue weighted by molar-refractivity contribution is 0.0514. The smallest absolute Gasteiger partial charge is 0.0628 e. The Morgan fingerprint density at radius 2 is 1.60 bits per heavy atom. The van der Waals surface area contributed by atoms with E-state index in [1.807, 2.05) is 0 Å². The van der Waals surface area contributed by atoms with E-state index in [0.717, 1.165) is 26.3 Å². The zero-order chi connectivity index (χ0) is 11.3. The van der Waals surface area contributed by atoms with E-state index in [-0.39, 0.29) is 0 Å². The molecule has 4 nitrogen and oxygen atoms in total. The van der Waals surface area contributed by atoms with Crippen LogP contribution in [0.3, 0.4) is 0 Å². The molecule has 1 N–H and O–H groups in total. The summed E-state index contributed by atoms with van der Waals surface area (Å²) in [5.41, 5.74) is 0. The molecule has 4 heteroatoms. The van der Waals surface area contributed by atoms with Crippen LogP contribution in [0.1, 0.15) is 13.8 Å². The van der Waals surface area contributed by atoms with Gasteiger partial charge >= 0.3 is 0 Å². The lowest BCUT2D eigenvalue weighted by Crippen LogP contribution is -2.60. The summed E-state index contributed by atoms with van der Waals surface area (Å²) in [6.45, 7) is 8.13. The molecule has 1 saturated heterocycles. The first-order chi connectivity index (χ1) is 7.17. The molecule has 0 radical (unpaired) electrons. The molecule has 1 rings (SSSR count). The summed E-state index contributed by atoms with van der Waals surface area (Å²) >= 11 is 0. The molecule has 0 spiro atoms. The van der Waals surface area contributed by atoms with E-state index in [9.17, 15) is 0 Å². The zero-order valence-electron chi connectivity index (χ0n) is 10.3. The molecule has 0 amide bonds. The van der Waals surface area contributed by atoms with Crippen molar-refractivity contribution < 1.29 is 9.47 Å². The molecular formula is C11H24N2O2. The van der Waals surface area contributed by atoms with Crippen LogP contribution in [0.5, 0.6) is 0 Å². The second-order valence-corrected chi connectivity index (χ2v) is 4.52. The Bertz CT molecular complexity index is 162. The first-order valence-electron chi connectivity index (χ1n) is 5.65. The molecule has 1 aliphatic rings. The summed E-state index contributed by atoms with van der Waals surface area (Å²) < 4.78 is 10.4. The molecule has 0 aromatic carbocycles. The molecule has 0 saturated carbocycles. The standard InChI is InChI=1S/C11H24N2O2/c1-9(2)13-5-10(7-14-3)12-11(6-13)8-15-4/h9-12H,5-8H2,1-4H3/t10-,11-/m1/s1. The Hall–Kier alpha value is -0.160. The summed E-state index contributed by atoms with van der Waals surface area (Å²) in [4.78, 5) is 2.48. The minimum absolute atomic E-state index is 0.422. The van der Waals surface area contributed by atoms with Gasteiger partial charge in [-0.25, -0.2) is 0 Å². The maximum atomic E-state index is 5.21. The Morgan fingerprint density at radius 3 is 1.93 bits per heavy atom. The first kappa shape index (κ1) is 12.9. The maximum absolute atomic E-state index is 5.21. The highest BCUT2D eigenvalue weighted by Crippen LogP contribution is 2.09. The van der Waals surface area contributed by atoms with Crippen LogP contribution in [0.4, 0.5) is 0 Å². The number of piperazine rings is 1. The molecule has 1 heterocycles. The van der Waals surface area contributed by atoms with Crippen LogP contribution in [-0.2, 0) is 9.47 Å². The van der Waals surface area contributed by atoms with Crippen molar-refractivity contribution >= 4 is 0 Å². The quantitative estimate of drug-likeness (QED) is 0.718. The van der Waals surface area contributed by atoms with E-state index in [4.69, 9.17) is 9.47 Å². The minimum atomic E-state index is 0.422. The fourth-order valence-electron chi connectivity index (χ4n) is 2.11. The van der Waals surface area contributed by atoms with Crippen LogP contribution in [-0.4, -0.2) is 63.5 Å². The SMILES string of the molecule is COC[C@H]1CN(C(C)C)C[C@H](COC)N1. The van der Waals surface area contributed by atoms with Crippen molar-refractivity contribution in [2.24, 2.45) is 0 Å². The van der Waals surface area contributed by atoms with Crippen molar-refractivity contribution in [1.82, 2.24) is 10.2 Å². The fourth-order valence-corrected chi connectivity index (χ4v) is 2.11. The van der Waals surface area contributed by atoms with Gasteiger partial charge in [0, 0.05) is 45.4 Å². The first-order valence-corrected chi connectivity index (χ1v) is 5.65. The van der Waals surface area contributed by atoms with Crippen LogP contribution in [0, 0.1) is 0 Å². The Morgan fingerprint density at radius 1 is 1.13 bits per heavy atom. The summed E-state index contributed by atoms with van der Waals surface area (Å²) in [7, 11) is 3.50. The van der Waals surface area contributed by atoms with Crippen LogP contribution < -0.4 is 5.32 Å². The monoisotopic (exact) mass is 216 g/mol. The number of ether oxygens (including phenoxy) is 2. The Kier molecular flexibility index (Phi) is 5.53. The largest absolute Gasteiger partial charge is 0.383 e. The van der Waals surface area contributed by atoms with Crippen molar-refractivity contribution in [3.05, 3.63) is 0 Å². The normalized spacial score (nSPS) is 28.6. The molecule has 0 aromatic heterocycles. The van der Waals surface area contributed by atoms with Crippen molar-refractivity contribution in [1.29, 1.82) is 0 Å². The van der Waals surface area contributed by atoms with E-state index in [2.05, 4.69) is 24.1 Å². The third kappa shape index (κ3) is 4.07. The highest BCUT2D eigenvalue weighted by molar-refractivity contribution is 4.87. The van der Waals surface area contributed by atoms with Gasteiger partial charge in [-0.2, -0.15) is 0 Å². The van der Waals surface area contributed by atoms with Gasteiger partial charge in [-0.3, -0.25) is 4.90 Å². The van der Waals surface area contributed by atoms with Gasteiger partial charge < -0.3 is 14.8 Å². The van der Waals surface area contributed by atoms with Gasteiger partial charge in [0.05, 0.1) is 13.2 Å². The molecular weight excluding hydrogens is 192 g/mol. The molecule has 0 unspecified atom stereocenters. The van der Waals surface area contributed by atoms with Crippen LogP contribution in [0.15, 0.2) is 0 Å². The third-order valence-corrected chi connectivity index (χ3v) is 2.85. The summed E-state index contributed by atoms with van der Waals surface area (Å²) in [5, 5.41) is 3.55. The molecule has 2 atom stereocenters. The summed E-state index contributed by atoms with van der Waals surface area (Å²) in [6.07, 6.45) is 0. The second kappa shape index (κ2) is 6.43. The zero-order valence-corrected chi connectivity index (χ0v) is 10.3. The highest BCUT2D eigenvalue weighted by Gasteiger charge is 2.27. The number of nitrogens with zero attached hydrogens (tertiary/aromatic N) is 1. The fraction of sp³-hybridized carbons (Fsp3) is 1.00. The highest BCUT2D eigenvalue weighted by atomic mass is 16.5. The van der Waals surface area contributed by atoms with Gasteiger partial charge in [0.1, 0.15) is 0 Å². The van der Waals surface area contributed by atoms with Gasteiger partial charge in [-0.1, -0.05) is 0 Å². The van der Waals surface area contributed by atoms with Gasteiger partial charge in [-0.15, -0.1) is 0 Å². The number of hydrogen-bond donors (Lipinski definition) is 1. The number of methoxy groups -OCH3 is 2. The molecule has 0 aromatic rings. The van der Waals surface area contributed by atoms with Crippen molar-refractivity contribution in [2.75, 3.05) is 40.5 Å². The van der Waals surface area contributed by atoms with E-state index < -0.39 is 0 Å². The second-order valence-electron chi connectivity index (χ2n) is 4.52. The maximum Gasteiger partial charge on any atom is 0.0628 e. The minimum Gasteiger partial charge on any atom is -0.383 e. The van der Waals surface area contributed by atoms with Crippen LogP contribution in [0.25, 0.3) is 0 Å². The Balaban J connectivity index is 2.48. The van der Waals surface area contributed by atoms with Gasteiger partial charge in [-0.05, 0) is 13.8 Å².